The number of carbonyl (C=O) groups is 1. The Bertz CT molecular complexity index is 647. The highest BCUT2D eigenvalue weighted by molar-refractivity contribution is 5.92. The molecule has 2 aromatic rings. The van der Waals surface area contributed by atoms with Crippen molar-refractivity contribution in [2.75, 3.05) is 7.11 Å². The Morgan fingerprint density at radius 2 is 1.86 bits per heavy atom. The largest absolute Gasteiger partial charge is 0.504 e. The second-order valence-corrected chi connectivity index (χ2v) is 4.97. The van der Waals surface area contributed by atoms with Crippen LogP contribution in [0.1, 0.15) is 35.7 Å². The molecule has 0 fully saturated rings. The van der Waals surface area contributed by atoms with Crippen LogP contribution in [0.3, 0.4) is 0 Å². The van der Waals surface area contributed by atoms with Crippen LogP contribution in [0.15, 0.2) is 42.5 Å². The third-order valence-electron chi connectivity index (χ3n) is 3.16. The molecular formula is C17H18O4. The first-order valence-electron chi connectivity index (χ1n) is 6.71. The van der Waals surface area contributed by atoms with Crippen LogP contribution < -0.4 is 9.47 Å². The van der Waals surface area contributed by atoms with E-state index in [9.17, 15) is 9.90 Å². The molecule has 0 amide bonds. The van der Waals surface area contributed by atoms with E-state index >= 15 is 0 Å². The molecule has 2 aromatic carbocycles. The Hall–Kier alpha value is -2.49. The maximum atomic E-state index is 12.3. The molecule has 2 rings (SSSR count). The van der Waals surface area contributed by atoms with E-state index in [0.29, 0.717) is 11.3 Å². The smallest absolute Gasteiger partial charge is 0.343 e. The van der Waals surface area contributed by atoms with Crippen LogP contribution in [0.25, 0.3) is 0 Å². The summed E-state index contributed by atoms with van der Waals surface area (Å²) in [5.74, 6) is 0.316. The van der Waals surface area contributed by atoms with Crippen molar-refractivity contribution >= 4 is 5.97 Å². The van der Waals surface area contributed by atoms with Crippen molar-refractivity contribution in [3.8, 4) is 17.2 Å². The first-order valence-corrected chi connectivity index (χ1v) is 6.71. The van der Waals surface area contributed by atoms with Gasteiger partial charge in [0.1, 0.15) is 5.75 Å². The van der Waals surface area contributed by atoms with Crippen LogP contribution in [0, 0.1) is 0 Å². The van der Waals surface area contributed by atoms with Gasteiger partial charge in [0, 0.05) is 6.07 Å². The molecule has 0 radical (unpaired) electrons. The topological polar surface area (TPSA) is 55.8 Å². The number of phenolic OH excluding ortho intramolecular Hbond substituents is 1. The van der Waals surface area contributed by atoms with Gasteiger partial charge in [-0.15, -0.1) is 0 Å². The van der Waals surface area contributed by atoms with Crippen molar-refractivity contribution in [3.05, 3.63) is 53.6 Å². The maximum Gasteiger partial charge on any atom is 0.343 e. The second kappa shape index (κ2) is 6.31. The van der Waals surface area contributed by atoms with Gasteiger partial charge in [-0.3, -0.25) is 0 Å². The fourth-order valence-corrected chi connectivity index (χ4v) is 2.08. The lowest BCUT2D eigenvalue weighted by atomic mass is 9.97. The molecule has 0 aliphatic carbocycles. The first-order chi connectivity index (χ1) is 10.0. The number of ether oxygens (including phenoxy) is 2. The van der Waals surface area contributed by atoms with Crippen LogP contribution in [0.4, 0.5) is 0 Å². The maximum absolute atomic E-state index is 12.3. The molecule has 0 heterocycles. The van der Waals surface area contributed by atoms with Crippen molar-refractivity contribution in [3.63, 3.8) is 0 Å². The lowest BCUT2D eigenvalue weighted by Crippen LogP contribution is -2.12. The average Bonchev–Trinajstić information content (AvgIpc) is 2.47. The standard InChI is InChI=1S/C17H18O4/c1-11(2)13-6-4-5-7-14(13)17(19)21-12-8-9-16(20-3)15(18)10-12/h4-11,18H,1-3H3. The van der Waals surface area contributed by atoms with E-state index in [2.05, 4.69) is 0 Å². The van der Waals surface area contributed by atoms with E-state index in [4.69, 9.17) is 9.47 Å². The molecule has 0 saturated heterocycles. The summed E-state index contributed by atoms with van der Waals surface area (Å²) in [6.45, 7) is 4.04. The number of hydrogen-bond acceptors (Lipinski definition) is 4. The number of rotatable bonds is 4. The SMILES string of the molecule is COc1ccc(OC(=O)c2ccccc2C(C)C)cc1O. The summed E-state index contributed by atoms with van der Waals surface area (Å²) in [5, 5.41) is 9.70. The molecule has 0 aromatic heterocycles. The van der Waals surface area contributed by atoms with E-state index in [1.54, 1.807) is 24.3 Å². The van der Waals surface area contributed by atoms with Crippen LogP contribution in [0.5, 0.6) is 17.2 Å². The highest BCUT2D eigenvalue weighted by Gasteiger charge is 2.16. The minimum absolute atomic E-state index is 0.0695. The predicted molar refractivity (Wildman–Crippen MR) is 80.1 cm³/mol. The monoisotopic (exact) mass is 286 g/mol. The minimum Gasteiger partial charge on any atom is -0.504 e. The summed E-state index contributed by atoms with van der Waals surface area (Å²) < 4.78 is 10.3. The van der Waals surface area contributed by atoms with Crippen molar-refractivity contribution in [2.24, 2.45) is 0 Å². The Morgan fingerprint density at radius 3 is 2.48 bits per heavy atom. The number of aromatic hydroxyl groups is 1. The molecule has 1 N–H and O–H groups in total. The average molecular weight is 286 g/mol. The second-order valence-electron chi connectivity index (χ2n) is 4.97. The number of hydrogen-bond donors (Lipinski definition) is 1. The number of methoxy groups -OCH3 is 1. The number of carbonyl (C=O) groups excluding carboxylic acids is 1. The van der Waals surface area contributed by atoms with Gasteiger partial charge in [0.15, 0.2) is 11.5 Å². The summed E-state index contributed by atoms with van der Waals surface area (Å²) in [4.78, 5) is 12.3. The van der Waals surface area contributed by atoms with Crippen molar-refractivity contribution in [1.82, 2.24) is 0 Å². The van der Waals surface area contributed by atoms with E-state index in [1.165, 1.54) is 13.2 Å². The lowest BCUT2D eigenvalue weighted by molar-refractivity contribution is 0.0733. The summed E-state index contributed by atoms with van der Waals surface area (Å²) >= 11 is 0. The van der Waals surface area contributed by atoms with Crippen molar-refractivity contribution < 1.29 is 19.4 Å². The number of phenols is 1. The summed E-state index contributed by atoms with van der Waals surface area (Å²) in [6, 6.07) is 11.8. The van der Waals surface area contributed by atoms with Crippen LogP contribution in [-0.2, 0) is 0 Å². The molecule has 110 valence electrons. The molecule has 0 atom stereocenters. The zero-order chi connectivity index (χ0) is 15.4. The molecule has 0 aliphatic rings. The van der Waals surface area contributed by atoms with E-state index in [1.807, 2.05) is 26.0 Å². The Balaban J connectivity index is 2.24. The van der Waals surface area contributed by atoms with Gasteiger partial charge < -0.3 is 14.6 Å². The lowest BCUT2D eigenvalue weighted by Gasteiger charge is -2.12. The number of benzene rings is 2. The summed E-state index contributed by atoms with van der Waals surface area (Å²) in [6.07, 6.45) is 0. The van der Waals surface area contributed by atoms with Gasteiger partial charge >= 0.3 is 5.97 Å². The van der Waals surface area contributed by atoms with Gasteiger partial charge in [0.05, 0.1) is 12.7 Å². The van der Waals surface area contributed by atoms with Crippen LogP contribution >= 0.6 is 0 Å². The van der Waals surface area contributed by atoms with Gasteiger partial charge in [-0.25, -0.2) is 4.79 Å². The van der Waals surface area contributed by atoms with Crippen molar-refractivity contribution in [2.45, 2.75) is 19.8 Å². The Morgan fingerprint density at radius 1 is 1.14 bits per heavy atom. The summed E-state index contributed by atoms with van der Waals surface area (Å²) in [5.41, 5.74) is 1.46. The molecule has 0 unspecified atom stereocenters. The van der Waals surface area contributed by atoms with Gasteiger partial charge in [-0.1, -0.05) is 32.0 Å². The molecule has 0 aliphatic heterocycles. The molecule has 0 spiro atoms. The normalized spacial score (nSPS) is 10.5. The van der Waals surface area contributed by atoms with Gasteiger partial charge in [0.25, 0.3) is 0 Å². The molecule has 4 nitrogen and oxygen atoms in total. The predicted octanol–water partition coefficient (Wildman–Crippen LogP) is 3.74. The zero-order valence-electron chi connectivity index (χ0n) is 12.3. The van der Waals surface area contributed by atoms with Gasteiger partial charge in [-0.05, 0) is 29.7 Å². The molecule has 4 heteroatoms. The van der Waals surface area contributed by atoms with Gasteiger partial charge in [-0.2, -0.15) is 0 Å². The van der Waals surface area contributed by atoms with Crippen LogP contribution in [0.2, 0.25) is 0 Å². The summed E-state index contributed by atoms with van der Waals surface area (Å²) in [7, 11) is 1.46. The molecule has 0 saturated carbocycles. The molecule has 0 bridgehead atoms. The fourth-order valence-electron chi connectivity index (χ4n) is 2.08. The van der Waals surface area contributed by atoms with E-state index in [0.717, 1.165) is 5.56 Å². The minimum atomic E-state index is -0.441. The molecule has 21 heavy (non-hydrogen) atoms. The first kappa shape index (κ1) is 14.9. The highest BCUT2D eigenvalue weighted by atomic mass is 16.5. The fraction of sp³-hybridized carbons (Fsp3) is 0.235. The van der Waals surface area contributed by atoms with Crippen LogP contribution in [-0.4, -0.2) is 18.2 Å². The quantitative estimate of drug-likeness (QED) is 0.687. The zero-order valence-corrected chi connectivity index (χ0v) is 12.3. The number of esters is 1. The van der Waals surface area contributed by atoms with Crippen molar-refractivity contribution in [1.29, 1.82) is 0 Å². The third-order valence-corrected chi connectivity index (χ3v) is 3.16. The Labute approximate surface area is 123 Å². The third kappa shape index (κ3) is 3.34. The van der Waals surface area contributed by atoms with Gasteiger partial charge in [0.2, 0.25) is 0 Å². The highest BCUT2D eigenvalue weighted by Crippen LogP contribution is 2.30. The molecular weight excluding hydrogens is 268 g/mol. The van der Waals surface area contributed by atoms with E-state index in [-0.39, 0.29) is 17.4 Å². The Kier molecular flexibility index (Phi) is 4.48. The van der Waals surface area contributed by atoms with E-state index < -0.39 is 5.97 Å².